The number of amides is 1. The van der Waals surface area contributed by atoms with Crippen LogP contribution in [0.15, 0.2) is 36.9 Å². The van der Waals surface area contributed by atoms with Crippen molar-refractivity contribution in [2.24, 2.45) is 7.05 Å². The average molecular weight is 398 g/mol. The Morgan fingerprint density at radius 2 is 1.93 bits per heavy atom. The Morgan fingerprint density at radius 1 is 1.18 bits per heavy atom. The van der Waals surface area contributed by atoms with Crippen LogP contribution in [-0.4, -0.2) is 30.4 Å². The summed E-state index contributed by atoms with van der Waals surface area (Å²) in [6.07, 6.45) is -4.04. The monoisotopic (exact) mass is 398 g/mol. The van der Waals surface area contributed by atoms with Gasteiger partial charge in [0.25, 0.3) is 12.3 Å². The van der Waals surface area contributed by atoms with Gasteiger partial charge in [-0.15, -0.1) is 0 Å². The molecular formula is C16H11F5N6O. The molecule has 146 valence electrons. The summed E-state index contributed by atoms with van der Waals surface area (Å²) in [7, 11) is 1.53. The lowest BCUT2D eigenvalue weighted by atomic mass is 10.2. The number of anilines is 1. The number of halogens is 5. The minimum atomic E-state index is -4.81. The maximum atomic E-state index is 13.2. The second-order valence-corrected chi connectivity index (χ2v) is 5.58. The third kappa shape index (κ3) is 4.10. The third-order valence-corrected chi connectivity index (χ3v) is 3.56. The molecule has 0 radical (unpaired) electrons. The van der Waals surface area contributed by atoms with Crippen LogP contribution in [0.1, 0.15) is 28.3 Å². The van der Waals surface area contributed by atoms with E-state index in [2.05, 4.69) is 25.3 Å². The number of nitrogens with one attached hydrogen (secondary N) is 1. The molecule has 7 nitrogen and oxygen atoms in total. The molecule has 0 unspecified atom stereocenters. The first-order chi connectivity index (χ1) is 13.1. The van der Waals surface area contributed by atoms with Gasteiger partial charge < -0.3 is 9.88 Å². The number of carbonyl (C=O) groups is 1. The van der Waals surface area contributed by atoms with E-state index in [1.165, 1.54) is 24.1 Å². The quantitative estimate of drug-likeness (QED) is 0.680. The Balaban J connectivity index is 1.95. The smallest absolute Gasteiger partial charge is 0.331 e. The number of alkyl halides is 5. The average Bonchev–Trinajstić information content (AvgIpc) is 3.07. The topological polar surface area (TPSA) is 85.6 Å². The third-order valence-electron chi connectivity index (χ3n) is 3.56. The van der Waals surface area contributed by atoms with E-state index >= 15 is 0 Å². The summed E-state index contributed by atoms with van der Waals surface area (Å²) in [5, 5.41) is 2.26. The summed E-state index contributed by atoms with van der Waals surface area (Å²) < 4.78 is 65.9. The van der Waals surface area contributed by atoms with Crippen molar-refractivity contribution in [2.75, 3.05) is 5.32 Å². The molecule has 28 heavy (non-hydrogen) atoms. The summed E-state index contributed by atoms with van der Waals surface area (Å²) in [5.74, 6) is -1.32. The van der Waals surface area contributed by atoms with Gasteiger partial charge in [-0.05, 0) is 12.1 Å². The number of pyridine rings is 1. The number of nitrogens with zero attached hydrogens (tertiary/aromatic N) is 5. The van der Waals surface area contributed by atoms with Crippen LogP contribution in [0.2, 0.25) is 0 Å². The number of hydrogen-bond donors (Lipinski definition) is 1. The van der Waals surface area contributed by atoms with Crippen molar-refractivity contribution in [3.05, 3.63) is 54.0 Å². The van der Waals surface area contributed by atoms with Crippen LogP contribution in [0.3, 0.4) is 0 Å². The van der Waals surface area contributed by atoms with E-state index in [1.807, 2.05) is 0 Å². The highest BCUT2D eigenvalue weighted by Crippen LogP contribution is 2.29. The summed E-state index contributed by atoms with van der Waals surface area (Å²) in [5.41, 5.74) is -2.18. The Kier molecular flexibility index (Phi) is 5.03. The fourth-order valence-corrected chi connectivity index (χ4v) is 2.20. The van der Waals surface area contributed by atoms with Gasteiger partial charge in [0.15, 0.2) is 5.82 Å². The van der Waals surface area contributed by atoms with Crippen LogP contribution in [0.25, 0.3) is 11.5 Å². The van der Waals surface area contributed by atoms with Crippen LogP contribution in [0, 0.1) is 0 Å². The number of imidazole rings is 1. The summed E-state index contributed by atoms with van der Waals surface area (Å²) in [6, 6.07) is 2.64. The van der Waals surface area contributed by atoms with Crippen molar-refractivity contribution in [2.45, 2.75) is 12.6 Å². The number of aryl methyl sites for hydroxylation is 1. The number of rotatable bonds is 4. The molecule has 0 spiro atoms. The van der Waals surface area contributed by atoms with E-state index in [4.69, 9.17) is 0 Å². The maximum Gasteiger partial charge on any atom is 0.433 e. The highest BCUT2D eigenvalue weighted by Gasteiger charge is 2.34. The Labute approximate surface area is 154 Å². The first-order valence-corrected chi connectivity index (χ1v) is 7.63. The Morgan fingerprint density at radius 3 is 2.46 bits per heavy atom. The zero-order chi connectivity index (χ0) is 20.5. The Bertz CT molecular complexity index is 1000. The lowest BCUT2D eigenvalue weighted by Gasteiger charge is -2.11. The van der Waals surface area contributed by atoms with E-state index in [-0.39, 0.29) is 17.2 Å². The molecule has 3 heterocycles. The van der Waals surface area contributed by atoms with Gasteiger partial charge >= 0.3 is 6.18 Å². The van der Waals surface area contributed by atoms with Crippen molar-refractivity contribution in [3.8, 4) is 11.5 Å². The molecule has 12 heteroatoms. The minimum absolute atomic E-state index is 0.0173. The maximum absolute atomic E-state index is 13.2. The van der Waals surface area contributed by atoms with Gasteiger partial charge in [0.1, 0.15) is 22.8 Å². The van der Waals surface area contributed by atoms with Gasteiger partial charge in [0, 0.05) is 13.1 Å². The van der Waals surface area contributed by atoms with Crippen LogP contribution >= 0.6 is 0 Å². The normalized spacial score (nSPS) is 11.7. The zero-order valence-electron chi connectivity index (χ0n) is 14.1. The van der Waals surface area contributed by atoms with Crippen molar-refractivity contribution in [1.29, 1.82) is 0 Å². The highest BCUT2D eigenvalue weighted by molar-refractivity contribution is 6.03. The van der Waals surface area contributed by atoms with Crippen LogP contribution < -0.4 is 5.32 Å². The number of carbonyl (C=O) groups excluding carboxylic acids is 1. The van der Waals surface area contributed by atoms with E-state index in [1.54, 1.807) is 0 Å². The SMILES string of the molecule is Cn1cncc1-c1nc(C(=O)Nc2ccc(C(F)F)nc2)cc(C(F)(F)F)n1. The van der Waals surface area contributed by atoms with E-state index in [0.717, 1.165) is 18.3 Å². The molecule has 0 aliphatic carbocycles. The summed E-state index contributed by atoms with van der Waals surface area (Å²) in [4.78, 5) is 26.9. The van der Waals surface area contributed by atoms with E-state index in [9.17, 15) is 26.7 Å². The molecule has 0 bridgehead atoms. The number of hydrogen-bond acceptors (Lipinski definition) is 5. The lowest BCUT2D eigenvalue weighted by Crippen LogP contribution is -2.18. The summed E-state index contributed by atoms with van der Waals surface area (Å²) >= 11 is 0. The fourth-order valence-electron chi connectivity index (χ4n) is 2.20. The van der Waals surface area contributed by atoms with Gasteiger partial charge in [0.2, 0.25) is 0 Å². The van der Waals surface area contributed by atoms with Crippen molar-refractivity contribution >= 4 is 11.6 Å². The molecular weight excluding hydrogens is 387 g/mol. The van der Waals surface area contributed by atoms with Gasteiger partial charge in [-0.3, -0.25) is 9.78 Å². The van der Waals surface area contributed by atoms with Gasteiger partial charge in [-0.25, -0.2) is 23.7 Å². The lowest BCUT2D eigenvalue weighted by molar-refractivity contribution is -0.141. The largest absolute Gasteiger partial charge is 0.433 e. The molecule has 0 saturated carbocycles. The molecule has 0 atom stereocenters. The van der Waals surface area contributed by atoms with E-state index < -0.39 is 35.6 Å². The first-order valence-electron chi connectivity index (χ1n) is 7.63. The fraction of sp³-hybridized carbons (Fsp3) is 0.188. The van der Waals surface area contributed by atoms with Crippen molar-refractivity contribution in [1.82, 2.24) is 24.5 Å². The molecule has 3 aromatic rings. The molecule has 1 N–H and O–H groups in total. The summed E-state index contributed by atoms with van der Waals surface area (Å²) in [6.45, 7) is 0. The number of aromatic nitrogens is 5. The predicted molar refractivity (Wildman–Crippen MR) is 86.4 cm³/mol. The molecule has 3 rings (SSSR count). The van der Waals surface area contributed by atoms with Gasteiger partial charge in [-0.1, -0.05) is 0 Å². The second kappa shape index (κ2) is 7.29. The zero-order valence-corrected chi connectivity index (χ0v) is 14.1. The molecule has 3 aromatic heterocycles. The van der Waals surface area contributed by atoms with Crippen molar-refractivity contribution < 1.29 is 26.7 Å². The second-order valence-electron chi connectivity index (χ2n) is 5.58. The molecule has 0 aliphatic rings. The van der Waals surface area contributed by atoms with Gasteiger partial charge in [0.05, 0.1) is 24.4 Å². The van der Waals surface area contributed by atoms with Crippen molar-refractivity contribution in [3.63, 3.8) is 0 Å². The van der Waals surface area contributed by atoms with E-state index in [0.29, 0.717) is 6.07 Å². The molecule has 0 saturated heterocycles. The molecule has 1 amide bonds. The highest BCUT2D eigenvalue weighted by atomic mass is 19.4. The molecule has 0 fully saturated rings. The molecule has 0 aromatic carbocycles. The molecule has 0 aliphatic heterocycles. The minimum Gasteiger partial charge on any atom is -0.331 e. The standard InChI is InChI=1S/C16H11F5N6O/c1-27-7-22-6-11(27)14-25-10(4-12(26-14)16(19,20)21)15(28)24-8-2-3-9(13(17)18)23-5-8/h2-7,13H,1H3,(H,24,28). The van der Waals surface area contributed by atoms with Gasteiger partial charge in [-0.2, -0.15) is 13.2 Å². The van der Waals surface area contributed by atoms with Crippen LogP contribution in [0.5, 0.6) is 0 Å². The van der Waals surface area contributed by atoms with Crippen LogP contribution in [0.4, 0.5) is 27.6 Å². The predicted octanol–water partition coefficient (Wildman–Crippen LogP) is 3.48. The Hall–Kier alpha value is -3.44. The van der Waals surface area contributed by atoms with Crippen LogP contribution in [-0.2, 0) is 13.2 Å². The first kappa shape index (κ1) is 19.3.